The highest BCUT2D eigenvalue weighted by atomic mass is 16.5. The summed E-state index contributed by atoms with van der Waals surface area (Å²) in [5, 5.41) is 2.83. The zero-order valence-electron chi connectivity index (χ0n) is 13.7. The van der Waals surface area contributed by atoms with Gasteiger partial charge >= 0.3 is 0 Å². The molecule has 1 aromatic heterocycles. The maximum atomic E-state index is 12.2. The summed E-state index contributed by atoms with van der Waals surface area (Å²) in [6.07, 6.45) is 1.32. The molecular weight excluding hydrogens is 292 g/mol. The van der Waals surface area contributed by atoms with E-state index in [1.165, 1.54) is 12.4 Å². The van der Waals surface area contributed by atoms with Crippen LogP contribution in [0.3, 0.4) is 0 Å². The number of rotatable bonds is 7. The molecule has 0 aliphatic rings. The molecule has 122 valence electrons. The Hall–Kier alpha value is -2.63. The van der Waals surface area contributed by atoms with Gasteiger partial charge in [0.05, 0.1) is 6.61 Å². The molecule has 23 heavy (non-hydrogen) atoms. The van der Waals surface area contributed by atoms with E-state index in [-0.39, 0.29) is 11.6 Å². The lowest BCUT2D eigenvalue weighted by atomic mass is 10.2. The largest absolute Gasteiger partial charge is 0.478 e. The summed E-state index contributed by atoms with van der Waals surface area (Å²) < 4.78 is 5.28. The van der Waals surface area contributed by atoms with Crippen LogP contribution in [0.1, 0.15) is 31.3 Å². The van der Waals surface area contributed by atoms with Gasteiger partial charge in [-0.2, -0.15) is 0 Å². The second kappa shape index (κ2) is 8.12. The lowest BCUT2D eigenvalue weighted by Gasteiger charge is -2.21. The van der Waals surface area contributed by atoms with Crippen LogP contribution in [0.15, 0.2) is 36.7 Å². The molecule has 6 nitrogen and oxygen atoms in total. The fourth-order valence-corrected chi connectivity index (χ4v) is 2.23. The second-order valence-corrected chi connectivity index (χ2v) is 4.85. The molecule has 0 saturated carbocycles. The average molecular weight is 314 g/mol. The van der Waals surface area contributed by atoms with Crippen LogP contribution in [0.25, 0.3) is 0 Å². The number of carbonyl (C=O) groups is 1. The first-order valence-corrected chi connectivity index (χ1v) is 7.79. The molecule has 1 N–H and O–H groups in total. The molecule has 2 rings (SSSR count). The van der Waals surface area contributed by atoms with Crippen molar-refractivity contribution < 1.29 is 9.53 Å². The Morgan fingerprint density at radius 1 is 1.13 bits per heavy atom. The molecule has 0 bridgehead atoms. The summed E-state index contributed by atoms with van der Waals surface area (Å²) >= 11 is 0. The Bertz CT molecular complexity index is 639. The molecule has 1 aromatic carbocycles. The van der Waals surface area contributed by atoms with Crippen LogP contribution in [0.5, 0.6) is 5.88 Å². The maximum absolute atomic E-state index is 12.2. The normalized spacial score (nSPS) is 10.2. The second-order valence-electron chi connectivity index (χ2n) is 4.85. The molecule has 0 spiro atoms. The average Bonchev–Trinajstić information content (AvgIpc) is 2.58. The van der Waals surface area contributed by atoms with E-state index in [0.29, 0.717) is 12.5 Å². The highest BCUT2D eigenvalue weighted by Gasteiger charge is 2.10. The Balaban J connectivity index is 2.06. The summed E-state index contributed by atoms with van der Waals surface area (Å²) in [4.78, 5) is 22.4. The first kappa shape index (κ1) is 16.7. The van der Waals surface area contributed by atoms with E-state index < -0.39 is 0 Å². The molecular formula is C17H22N4O2. The Morgan fingerprint density at radius 2 is 1.83 bits per heavy atom. The smallest absolute Gasteiger partial charge is 0.274 e. The van der Waals surface area contributed by atoms with Crippen molar-refractivity contribution in [3.05, 3.63) is 42.4 Å². The number of nitrogens with one attached hydrogen (secondary N) is 1. The topological polar surface area (TPSA) is 67.3 Å². The van der Waals surface area contributed by atoms with Gasteiger partial charge in [0.15, 0.2) is 0 Å². The van der Waals surface area contributed by atoms with E-state index >= 15 is 0 Å². The molecule has 0 unspecified atom stereocenters. The molecule has 0 atom stereocenters. The van der Waals surface area contributed by atoms with Crippen LogP contribution in [-0.4, -0.2) is 35.6 Å². The standard InChI is InChI=1S/C17H22N4O2/c1-4-21(5-2)14-9-7-13(8-10-14)20-17(22)15-11-16(23-6-3)19-12-18-15/h7-12H,4-6H2,1-3H3,(H,20,22). The van der Waals surface area contributed by atoms with Gasteiger partial charge in [0.2, 0.25) is 5.88 Å². The van der Waals surface area contributed by atoms with E-state index in [1.54, 1.807) is 0 Å². The van der Waals surface area contributed by atoms with Gasteiger partial charge in [0.25, 0.3) is 5.91 Å². The molecule has 0 aliphatic carbocycles. The molecule has 1 heterocycles. The summed E-state index contributed by atoms with van der Waals surface area (Å²) in [6, 6.07) is 9.29. The maximum Gasteiger partial charge on any atom is 0.274 e. The predicted molar refractivity (Wildman–Crippen MR) is 91.2 cm³/mol. The SMILES string of the molecule is CCOc1cc(C(=O)Nc2ccc(N(CC)CC)cc2)ncn1. The van der Waals surface area contributed by atoms with Crippen LogP contribution in [0.2, 0.25) is 0 Å². The van der Waals surface area contributed by atoms with E-state index in [9.17, 15) is 4.79 Å². The van der Waals surface area contributed by atoms with Crippen molar-refractivity contribution in [1.29, 1.82) is 0 Å². The van der Waals surface area contributed by atoms with Gasteiger partial charge in [-0.3, -0.25) is 4.79 Å². The number of hydrogen-bond acceptors (Lipinski definition) is 5. The van der Waals surface area contributed by atoms with Crippen molar-refractivity contribution in [3.8, 4) is 5.88 Å². The molecule has 2 aromatic rings. The van der Waals surface area contributed by atoms with Gasteiger partial charge in [-0.15, -0.1) is 0 Å². The number of ether oxygens (including phenoxy) is 1. The van der Waals surface area contributed by atoms with Crippen LogP contribution in [-0.2, 0) is 0 Å². The number of aromatic nitrogens is 2. The van der Waals surface area contributed by atoms with Crippen molar-refractivity contribution in [2.45, 2.75) is 20.8 Å². The predicted octanol–water partition coefficient (Wildman–Crippen LogP) is 2.97. The first-order valence-electron chi connectivity index (χ1n) is 7.79. The van der Waals surface area contributed by atoms with Gasteiger partial charge < -0.3 is 15.0 Å². The Labute approximate surface area is 136 Å². The molecule has 0 saturated heterocycles. The molecule has 0 aliphatic heterocycles. The van der Waals surface area contributed by atoms with Gasteiger partial charge in [0, 0.05) is 30.5 Å². The van der Waals surface area contributed by atoms with E-state index in [1.807, 2.05) is 31.2 Å². The quantitative estimate of drug-likeness (QED) is 0.851. The van der Waals surface area contributed by atoms with Gasteiger partial charge in [0.1, 0.15) is 12.0 Å². The van der Waals surface area contributed by atoms with E-state index in [0.717, 1.165) is 24.5 Å². The first-order chi connectivity index (χ1) is 11.2. The summed E-state index contributed by atoms with van der Waals surface area (Å²) in [5.74, 6) is 0.105. The fraction of sp³-hybridized carbons (Fsp3) is 0.353. The number of carbonyl (C=O) groups excluding carboxylic acids is 1. The lowest BCUT2D eigenvalue weighted by Crippen LogP contribution is -2.21. The van der Waals surface area contributed by atoms with Crippen molar-refractivity contribution in [2.75, 3.05) is 29.9 Å². The van der Waals surface area contributed by atoms with Crippen molar-refractivity contribution >= 4 is 17.3 Å². The Morgan fingerprint density at radius 3 is 2.43 bits per heavy atom. The van der Waals surface area contributed by atoms with Gasteiger partial charge in [-0.25, -0.2) is 9.97 Å². The number of nitrogens with zero attached hydrogens (tertiary/aromatic N) is 3. The van der Waals surface area contributed by atoms with Crippen LogP contribution < -0.4 is 15.0 Å². The number of hydrogen-bond donors (Lipinski definition) is 1. The third kappa shape index (κ3) is 4.42. The van der Waals surface area contributed by atoms with E-state index in [2.05, 4.69) is 34.0 Å². The highest BCUT2D eigenvalue weighted by molar-refractivity contribution is 6.03. The monoisotopic (exact) mass is 314 g/mol. The molecule has 6 heteroatoms. The molecule has 0 radical (unpaired) electrons. The summed E-state index contributed by atoms with van der Waals surface area (Å²) in [6.45, 7) is 8.48. The van der Waals surface area contributed by atoms with Crippen LogP contribution in [0, 0.1) is 0 Å². The highest BCUT2D eigenvalue weighted by Crippen LogP contribution is 2.18. The van der Waals surface area contributed by atoms with Crippen molar-refractivity contribution in [1.82, 2.24) is 9.97 Å². The third-order valence-electron chi connectivity index (χ3n) is 3.42. The van der Waals surface area contributed by atoms with E-state index in [4.69, 9.17) is 4.74 Å². The number of benzene rings is 1. The summed E-state index contributed by atoms with van der Waals surface area (Å²) in [7, 11) is 0. The lowest BCUT2D eigenvalue weighted by molar-refractivity contribution is 0.102. The fourth-order valence-electron chi connectivity index (χ4n) is 2.23. The van der Waals surface area contributed by atoms with Gasteiger partial charge in [-0.1, -0.05) is 0 Å². The zero-order chi connectivity index (χ0) is 16.7. The zero-order valence-corrected chi connectivity index (χ0v) is 13.7. The van der Waals surface area contributed by atoms with Gasteiger partial charge in [-0.05, 0) is 45.0 Å². The summed E-state index contributed by atoms with van der Waals surface area (Å²) in [5.41, 5.74) is 2.13. The van der Waals surface area contributed by atoms with Crippen molar-refractivity contribution in [2.24, 2.45) is 0 Å². The molecule has 1 amide bonds. The van der Waals surface area contributed by atoms with Crippen molar-refractivity contribution in [3.63, 3.8) is 0 Å². The number of amides is 1. The minimum atomic E-state index is -0.288. The van der Waals surface area contributed by atoms with Crippen LogP contribution in [0.4, 0.5) is 11.4 Å². The van der Waals surface area contributed by atoms with Crippen LogP contribution >= 0.6 is 0 Å². The minimum absolute atomic E-state index is 0.274. The third-order valence-corrected chi connectivity index (χ3v) is 3.42. The molecule has 0 fully saturated rings. The minimum Gasteiger partial charge on any atom is -0.478 e. The number of anilines is 2. The Kier molecular flexibility index (Phi) is 5.91.